The van der Waals surface area contributed by atoms with E-state index in [-0.39, 0.29) is 4.90 Å². The van der Waals surface area contributed by atoms with Gasteiger partial charge in [0, 0.05) is 25.5 Å². The topological polar surface area (TPSA) is 50.3 Å². The maximum absolute atomic E-state index is 12.4. The summed E-state index contributed by atoms with van der Waals surface area (Å²) in [7, 11) is -3.44. The number of sulfonamides is 1. The normalized spacial score (nSPS) is 21.3. The molecule has 0 spiro atoms. The van der Waals surface area contributed by atoms with Gasteiger partial charge < -0.3 is 0 Å². The van der Waals surface area contributed by atoms with Crippen LogP contribution in [0.1, 0.15) is 6.42 Å². The highest BCUT2D eigenvalue weighted by molar-refractivity contribution is 7.98. The fourth-order valence-electron chi connectivity index (χ4n) is 2.07. The largest absolute Gasteiger partial charge is 0.262 e. The van der Waals surface area contributed by atoms with Crippen molar-refractivity contribution in [1.29, 1.82) is 0 Å². The van der Waals surface area contributed by atoms with Gasteiger partial charge in [0.1, 0.15) is 4.90 Å². The molecule has 0 saturated carbocycles. The fourth-order valence-corrected chi connectivity index (χ4v) is 4.57. The first-order chi connectivity index (χ1) is 8.54. The SMILES string of the molecule is CSCC1CCN(S(=O)(=O)c2cncc(Cl)c2)C1. The zero-order valence-corrected chi connectivity index (χ0v) is 12.4. The average Bonchev–Trinajstić information content (AvgIpc) is 2.79. The Balaban J connectivity index is 2.18. The predicted molar refractivity (Wildman–Crippen MR) is 74.5 cm³/mol. The lowest BCUT2D eigenvalue weighted by Gasteiger charge is -2.16. The van der Waals surface area contributed by atoms with Gasteiger partial charge in [-0.15, -0.1) is 0 Å². The summed E-state index contributed by atoms with van der Waals surface area (Å²) in [5, 5.41) is 0.343. The summed E-state index contributed by atoms with van der Waals surface area (Å²) in [6.45, 7) is 1.18. The second-order valence-electron chi connectivity index (χ2n) is 4.31. The van der Waals surface area contributed by atoms with Gasteiger partial charge in [-0.05, 0) is 30.4 Å². The number of halogens is 1. The van der Waals surface area contributed by atoms with Crippen LogP contribution in [0.15, 0.2) is 23.4 Å². The molecule has 1 unspecified atom stereocenters. The van der Waals surface area contributed by atoms with Gasteiger partial charge in [-0.3, -0.25) is 4.98 Å². The van der Waals surface area contributed by atoms with Gasteiger partial charge in [0.25, 0.3) is 0 Å². The Morgan fingerprint density at radius 1 is 1.56 bits per heavy atom. The molecule has 1 aliphatic rings. The van der Waals surface area contributed by atoms with Gasteiger partial charge in [-0.2, -0.15) is 16.1 Å². The number of pyridine rings is 1. The molecular formula is C11H15ClN2O2S2. The second kappa shape index (κ2) is 5.77. The van der Waals surface area contributed by atoms with E-state index in [1.165, 1.54) is 22.8 Å². The van der Waals surface area contributed by atoms with E-state index in [4.69, 9.17) is 11.6 Å². The Kier molecular flexibility index (Phi) is 4.53. The lowest BCUT2D eigenvalue weighted by Crippen LogP contribution is -2.29. The Morgan fingerprint density at radius 3 is 3.00 bits per heavy atom. The summed E-state index contributed by atoms with van der Waals surface area (Å²) in [5.41, 5.74) is 0. The minimum Gasteiger partial charge on any atom is -0.262 e. The van der Waals surface area contributed by atoms with Crippen molar-refractivity contribution in [3.63, 3.8) is 0 Å². The monoisotopic (exact) mass is 306 g/mol. The molecule has 1 aromatic rings. The van der Waals surface area contributed by atoms with Crippen LogP contribution in [0, 0.1) is 5.92 Å². The Labute approximate surface area is 117 Å². The third kappa shape index (κ3) is 2.99. The van der Waals surface area contributed by atoms with Crippen LogP contribution in [0.5, 0.6) is 0 Å². The van der Waals surface area contributed by atoms with E-state index < -0.39 is 10.0 Å². The first-order valence-corrected chi connectivity index (χ1v) is 8.85. The highest BCUT2D eigenvalue weighted by atomic mass is 35.5. The molecule has 0 aliphatic carbocycles. The van der Waals surface area contributed by atoms with Gasteiger partial charge in [-0.25, -0.2) is 8.42 Å². The number of hydrogen-bond donors (Lipinski definition) is 0. The van der Waals surface area contributed by atoms with E-state index in [1.807, 2.05) is 6.26 Å². The van der Waals surface area contributed by atoms with Crippen LogP contribution < -0.4 is 0 Å². The van der Waals surface area contributed by atoms with Gasteiger partial charge in [0.2, 0.25) is 10.0 Å². The minimum absolute atomic E-state index is 0.180. The van der Waals surface area contributed by atoms with E-state index in [2.05, 4.69) is 4.98 Å². The van der Waals surface area contributed by atoms with Gasteiger partial charge in [0.15, 0.2) is 0 Å². The van der Waals surface area contributed by atoms with Crippen molar-refractivity contribution in [3.05, 3.63) is 23.5 Å². The summed E-state index contributed by atoms with van der Waals surface area (Å²) in [4.78, 5) is 4.02. The zero-order chi connectivity index (χ0) is 13.2. The van der Waals surface area contributed by atoms with Crippen LogP contribution in [-0.4, -0.2) is 42.8 Å². The van der Waals surface area contributed by atoms with E-state index in [9.17, 15) is 8.42 Å². The third-order valence-corrected chi connectivity index (χ3v) is 5.81. The van der Waals surface area contributed by atoms with Crippen LogP contribution in [0.2, 0.25) is 5.02 Å². The first-order valence-electron chi connectivity index (χ1n) is 5.63. The molecule has 2 rings (SSSR count). The summed E-state index contributed by atoms with van der Waals surface area (Å²) >= 11 is 7.54. The summed E-state index contributed by atoms with van der Waals surface area (Å²) < 4.78 is 26.2. The second-order valence-corrected chi connectivity index (χ2v) is 7.60. The molecular weight excluding hydrogens is 292 g/mol. The van der Waals surface area contributed by atoms with Crippen molar-refractivity contribution in [2.24, 2.45) is 5.92 Å². The Morgan fingerprint density at radius 2 is 2.33 bits per heavy atom. The quantitative estimate of drug-likeness (QED) is 0.855. The standard InChI is InChI=1S/C11H15ClN2O2S2/c1-17-8-9-2-3-14(7-9)18(15,16)11-4-10(12)5-13-6-11/h4-6,9H,2-3,7-8H2,1H3. The van der Waals surface area contributed by atoms with Crippen molar-refractivity contribution >= 4 is 33.4 Å². The number of hydrogen-bond acceptors (Lipinski definition) is 4. The van der Waals surface area contributed by atoms with Crippen LogP contribution in [0.25, 0.3) is 0 Å². The number of nitrogens with zero attached hydrogens (tertiary/aromatic N) is 2. The Hall–Kier alpha value is -0.300. The minimum atomic E-state index is -3.44. The summed E-state index contributed by atoms with van der Waals surface area (Å²) in [6, 6.07) is 1.45. The number of thioether (sulfide) groups is 1. The molecule has 1 aromatic heterocycles. The van der Waals surface area contributed by atoms with Gasteiger partial charge in [-0.1, -0.05) is 11.6 Å². The molecule has 0 amide bonds. The number of rotatable bonds is 4. The predicted octanol–water partition coefficient (Wildman–Crippen LogP) is 2.11. The molecule has 18 heavy (non-hydrogen) atoms. The summed E-state index contributed by atoms with van der Waals surface area (Å²) in [6.07, 6.45) is 5.75. The summed E-state index contributed by atoms with van der Waals surface area (Å²) in [5.74, 6) is 1.45. The van der Waals surface area contributed by atoms with E-state index in [0.29, 0.717) is 24.0 Å². The van der Waals surface area contributed by atoms with Crippen molar-refractivity contribution in [2.75, 3.05) is 25.1 Å². The molecule has 1 fully saturated rings. The lowest BCUT2D eigenvalue weighted by molar-refractivity contribution is 0.465. The van der Waals surface area contributed by atoms with Crippen molar-refractivity contribution in [1.82, 2.24) is 9.29 Å². The van der Waals surface area contributed by atoms with Gasteiger partial charge in [0.05, 0.1) is 5.02 Å². The molecule has 100 valence electrons. The maximum atomic E-state index is 12.4. The highest BCUT2D eigenvalue weighted by Crippen LogP contribution is 2.26. The van der Waals surface area contributed by atoms with Gasteiger partial charge >= 0.3 is 0 Å². The molecule has 7 heteroatoms. The smallest absolute Gasteiger partial charge is 0.244 e. The molecule has 4 nitrogen and oxygen atoms in total. The van der Waals surface area contributed by atoms with E-state index in [0.717, 1.165) is 12.2 Å². The molecule has 1 atom stereocenters. The highest BCUT2D eigenvalue weighted by Gasteiger charge is 2.32. The zero-order valence-electron chi connectivity index (χ0n) is 10.0. The molecule has 0 aromatic carbocycles. The van der Waals surface area contributed by atoms with Crippen molar-refractivity contribution < 1.29 is 8.42 Å². The molecule has 1 saturated heterocycles. The molecule has 0 N–H and O–H groups in total. The average molecular weight is 307 g/mol. The molecule has 0 bridgehead atoms. The van der Waals surface area contributed by atoms with Crippen LogP contribution in [0.3, 0.4) is 0 Å². The van der Waals surface area contributed by atoms with E-state index in [1.54, 1.807) is 11.8 Å². The van der Waals surface area contributed by atoms with Crippen LogP contribution >= 0.6 is 23.4 Å². The number of aromatic nitrogens is 1. The lowest BCUT2D eigenvalue weighted by atomic mass is 10.2. The van der Waals surface area contributed by atoms with E-state index >= 15 is 0 Å². The molecule has 1 aliphatic heterocycles. The maximum Gasteiger partial charge on any atom is 0.244 e. The first kappa shape index (κ1) is 14.1. The fraction of sp³-hybridized carbons (Fsp3) is 0.545. The molecule has 0 radical (unpaired) electrons. The Bertz CT molecular complexity index is 522. The van der Waals surface area contributed by atoms with Crippen molar-refractivity contribution in [2.45, 2.75) is 11.3 Å². The van der Waals surface area contributed by atoms with Crippen molar-refractivity contribution in [3.8, 4) is 0 Å². The van der Waals surface area contributed by atoms with Crippen LogP contribution in [-0.2, 0) is 10.0 Å². The third-order valence-electron chi connectivity index (χ3n) is 2.97. The van der Waals surface area contributed by atoms with Crippen LogP contribution in [0.4, 0.5) is 0 Å². The molecule has 2 heterocycles.